The SMILES string of the molecule is CC(C)(C)c1ccc(NC(=O)Nc2ccc(-c3ccc(N4CCCC4)nn3)cc2)cc1. The summed E-state index contributed by atoms with van der Waals surface area (Å²) in [7, 11) is 0. The molecule has 0 atom stereocenters. The van der Waals surface area contributed by atoms with Gasteiger partial charge in [-0.2, -0.15) is 0 Å². The molecule has 0 aliphatic carbocycles. The second-order valence-corrected chi connectivity index (χ2v) is 8.95. The topological polar surface area (TPSA) is 70.2 Å². The van der Waals surface area contributed by atoms with Crippen LogP contribution in [0.3, 0.4) is 0 Å². The largest absolute Gasteiger partial charge is 0.355 e. The summed E-state index contributed by atoms with van der Waals surface area (Å²) >= 11 is 0. The molecule has 0 unspecified atom stereocenters. The summed E-state index contributed by atoms with van der Waals surface area (Å²) in [5.41, 5.74) is 4.57. The first-order valence-electron chi connectivity index (χ1n) is 10.8. The molecule has 6 heteroatoms. The zero-order chi connectivity index (χ0) is 21.8. The normalized spacial score (nSPS) is 13.8. The molecule has 1 aliphatic rings. The predicted molar refractivity (Wildman–Crippen MR) is 127 cm³/mol. The molecule has 2 aromatic carbocycles. The van der Waals surface area contributed by atoms with Gasteiger partial charge in [-0.25, -0.2) is 4.79 Å². The number of amides is 2. The van der Waals surface area contributed by atoms with Gasteiger partial charge in [0.15, 0.2) is 5.82 Å². The lowest BCUT2D eigenvalue weighted by molar-refractivity contribution is 0.262. The Morgan fingerprint density at radius 3 is 1.90 bits per heavy atom. The van der Waals surface area contributed by atoms with Crippen LogP contribution in [0.1, 0.15) is 39.2 Å². The van der Waals surface area contributed by atoms with E-state index >= 15 is 0 Å². The molecule has 31 heavy (non-hydrogen) atoms. The highest BCUT2D eigenvalue weighted by atomic mass is 16.2. The summed E-state index contributed by atoms with van der Waals surface area (Å²) in [5.74, 6) is 0.937. The van der Waals surface area contributed by atoms with E-state index in [0.29, 0.717) is 5.69 Å². The second-order valence-electron chi connectivity index (χ2n) is 8.95. The minimum absolute atomic E-state index is 0.0847. The van der Waals surface area contributed by atoms with Gasteiger partial charge in [0.05, 0.1) is 5.69 Å². The first-order valence-corrected chi connectivity index (χ1v) is 10.8. The Labute approximate surface area is 183 Å². The maximum atomic E-state index is 12.3. The van der Waals surface area contributed by atoms with Crippen molar-refractivity contribution in [3.05, 3.63) is 66.2 Å². The summed E-state index contributed by atoms with van der Waals surface area (Å²) in [6, 6.07) is 19.3. The van der Waals surface area contributed by atoms with E-state index in [9.17, 15) is 4.79 Å². The fourth-order valence-corrected chi connectivity index (χ4v) is 3.67. The number of benzene rings is 2. The lowest BCUT2D eigenvalue weighted by atomic mass is 9.87. The molecule has 2 N–H and O–H groups in total. The molecule has 0 saturated carbocycles. The summed E-state index contributed by atoms with van der Waals surface area (Å²) in [4.78, 5) is 14.6. The predicted octanol–water partition coefficient (Wildman–Crippen LogP) is 5.69. The van der Waals surface area contributed by atoms with E-state index in [1.807, 2.05) is 60.7 Å². The molecule has 1 saturated heterocycles. The van der Waals surface area contributed by atoms with E-state index in [-0.39, 0.29) is 11.4 Å². The molecule has 4 rings (SSSR count). The van der Waals surface area contributed by atoms with Crippen LogP contribution in [0.4, 0.5) is 22.0 Å². The number of aromatic nitrogens is 2. The van der Waals surface area contributed by atoms with Crippen molar-refractivity contribution in [1.82, 2.24) is 10.2 Å². The monoisotopic (exact) mass is 415 g/mol. The van der Waals surface area contributed by atoms with Gasteiger partial charge in [0.25, 0.3) is 0 Å². The van der Waals surface area contributed by atoms with Gasteiger partial charge in [0.1, 0.15) is 0 Å². The van der Waals surface area contributed by atoms with E-state index in [1.54, 1.807) is 0 Å². The van der Waals surface area contributed by atoms with Crippen LogP contribution in [0.25, 0.3) is 11.3 Å². The van der Waals surface area contributed by atoms with Gasteiger partial charge < -0.3 is 15.5 Å². The molecule has 6 nitrogen and oxygen atoms in total. The minimum atomic E-state index is -0.272. The van der Waals surface area contributed by atoms with E-state index in [4.69, 9.17) is 0 Å². The van der Waals surface area contributed by atoms with Crippen molar-refractivity contribution in [2.24, 2.45) is 0 Å². The molecule has 0 bridgehead atoms. The number of carbonyl (C=O) groups excluding carboxylic acids is 1. The van der Waals surface area contributed by atoms with Gasteiger partial charge in [-0.1, -0.05) is 45.0 Å². The van der Waals surface area contributed by atoms with Gasteiger partial charge in [-0.15, -0.1) is 10.2 Å². The molecule has 2 amide bonds. The zero-order valence-electron chi connectivity index (χ0n) is 18.4. The molecule has 2 heterocycles. The summed E-state index contributed by atoms with van der Waals surface area (Å²) < 4.78 is 0. The maximum Gasteiger partial charge on any atom is 0.323 e. The van der Waals surface area contributed by atoms with E-state index < -0.39 is 0 Å². The molecular formula is C25H29N5O. The van der Waals surface area contributed by atoms with Crippen molar-refractivity contribution in [3.63, 3.8) is 0 Å². The van der Waals surface area contributed by atoms with Crippen LogP contribution in [0.5, 0.6) is 0 Å². The first-order chi connectivity index (χ1) is 14.9. The van der Waals surface area contributed by atoms with Crippen molar-refractivity contribution in [1.29, 1.82) is 0 Å². The maximum absolute atomic E-state index is 12.3. The minimum Gasteiger partial charge on any atom is -0.355 e. The summed E-state index contributed by atoms with van der Waals surface area (Å²) in [6.45, 7) is 8.60. The Kier molecular flexibility index (Phi) is 5.89. The van der Waals surface area contributed by atoms with Crippen molar-refractivity contribution < 1.29 is 4.79 Å². The van der Waals surface area contributed by atoms with Gasteiger partial charge in [0.2, 0.25) is 0 Å². The van der Waals surface area contributed by atoms with E-state index in [0.717, 1.165) is 35.9 Å². The standard InChI is InChI=1S/C25H29N5O/c1-25(2,3)19-8-12-21(13-9-19)27-24(31)26-20-10-6-18(7-11-20)22-14-15-23(29-28-22)30-16-4-5-17-30/h6-15H,4-5,16-17H2,1-3H3,(H2,26,27,31). The first kappa shape index (κ1) is 20.8. The number of anilines is 3. The highest BCUT2D eigenvalue weighted by molar-refractivity contribution is 5.99. The smallest absolute Gasteiger partial charge is 0.323 e. The highest BCUT2D eigenvalue weighted by Crippen LogP contribution is 2.24. The van der Waals surface area contributed by atoms with E-state index in [2.05, 4.69) is 46.5 Å². The Morgan fingerprint density at radius 2 is 1.39 bits per heavy atom. The number of nitrogens with one attached hydrogen (secondary N) is 2. The number of carbonyl (C=O) groups is 1. The van der Waals surface area contributed by atoms with Crippen LogP contribution in [-0.2, 0) is 5.41 Å². The van der Waals surface area contributed by atoms with Crippen molar-refractivity contribution in [2.75, 3.05) is 28.6 Å². The molecule has 1 fully saturated rings. The van der Waals surface area contributed by atoms with Gasteiger partial charge >= 0.3 is 6.03 Å². The van der Waals surface area contributed by atoms with Crippen molar-refractivity contribution in [3.8, 4) is 11.3 Å². The number of nitrogens with zero attached hydrogens (tertiary/aromatic N) is 3. The third-order valence-corrected chi connectivity index (χ3v) is 5.53. The molecule has 160 valence electrons. The van der Waals surface area contributed by atoms with Gasteiger partial charge in [0, 0.05) is 30.0 Å². The second kappa shape index (κ2) is 8.76. The highest BCUT2D eigenvalue weighted by Gasteiger charge is 2.15. The lowest BCUT2D eigenvalue weighted by Gasteiger charge is -2.19. The van der Waals surface area contributed by atoms with Crippen LogP contribution in [-0.4, -0.2) is 29.3 Å². The lowest BCUT2D eigenvalue weighted by Crippen LogP contribution is -2.19. The Morgan fingerprint density at radius 1 is 0.806 bits per heavy atom. The van der Waals surface area contributed by atoms with Gasteiger partial charge in [-0.3, -0.25) is 0 Å². The molecule has 3 aromatic rings. The Balaban J connectivity index is 1.35. The van der Waals surface area contributed by atoms with E-state index in [1.165, 1.54) is 18.4 Å². The Hall–Kier alpha value is -3.41. The molecular weight excluding hydrogens is 386 g/mol. The van der Waals surface area contributed by atoms with Crippen LogP contribution in [0.2, 0.25) is 0 Å². The number of hydrogen-bond donors (Lipinski definition) is 2. The number of urea groups is 1. The molecule has 0 radical (unpaired) electrons. The average molecular weight is 416 g/mol. The number of hydrogen-bond acceptors (Lipinski definition) is 4. The molecule has 1 aromatic heterocycles. The van der Waals surface area contributed by atoms with Crippen LogP contribution < -0.4 is 15.5 Å². The van der Waals surface area contributed by atoms with Crippen LogP contribution in [0, 0.1) is 0 Å². The average Bonchev–Trinajstić information content (AvgIpc) is 3.29. The quantitative estimate of drug-likeness (QED) is 0.575. The fraction of sp³-hybridized carbons (Fsp3) is 0.320. The van der Waals surface area contributed by atoms with Crippen molar-refractivity contribution >= 4 is 23.2 Å². The number of rotatable bonds is 4. The summed E-state index contributed by atoms with van der Waals surface area (Å²) in [5, 5.41) is 14.5. The molecule has 0 spiro atoms. The summed E-state index contributed by atoms with van der Waals surface area (Å²) in [6.07, 6.45) is 2.43. The van der Waals surface area contributed by atoms with Crippen LogP contribution in [0.15, 0.2) is 60.7 Å². The van der Waals surface area contributed by atoms with Crippen LogP contribution >= 0.6 is 0 Å². The molecule has 1 aliphatic heterocycles. The fourth-order valence-electron chi connectivity index (χ4n) is 3.67. The van der Waals surface area contributed by atoms with Gasteiger partial charge in [-0.05, 0) is 60.2 Å². The third kappa shape index (κ3) is 5.20. The Bertz CT molecular complexity index is 1020. The zero-order valence-corrected chi connectivity index (χ0v) is 18.4. The third-order valence-electron chi connectivity index (χ3n) is 5.53. The van der Waals surface area contributed by atoms with Crippen molar-refractivity contribution in [2.45, 2.75) is 39.0 Å².